The summed E-state index contributed by atoms with van der Waals surface area (Å²) in [7, 11) is 0. The quantitative estimate of drug-likeness (QED) is 0.322. The standard InChI is InChI=1S/C29H28FN3/c1-19-10-12-25-24(16-19)27(21-8-4-3-5-9-21)32-28(31-25)33-26-13-11-22(30)17-23(26)20(2)18-29(33)14-6-7-15-29/h3-5,8-13,16-17,20H,6-7,14-15,18H2,1-2H3. The lowest BCUT2D eigenvalue weighted by atomic mass is 9.77. The minimum Gasteiger partial charge on any atom is -0.304 e. The van der Waals surface area contributed by atoms with Crippen molar-refractivity contribution in [3.05, 3.63) is 83.7 Å². The first-order chi connectivity index (χ1) is 16.0. The van der Waals surface area contributed by atoms with Crippen molar-refractivity contribution in [2.24, 2.45) is 0 Å². The Morgan fingerprint density at radius 3 is 2.52 bits per heavy atom. The topological polar surface area (TPSA) is 29.0 Å². The van der Waals surface area contributed by atoms with Gasteiger partial charge in [-0.05, 0) is 68.0 Å². The molecule has 0 radical (unpaired) electrons. The number of anilines is 2. The van der Waals surface area contributed by atoms with Crippen molar-refractivity contribution in [1.82, 2.24) is 9.97 Å². The molecule has 0 amide bonds. The lowest BCUT2D eigenvalue weighted by Gasteiger charge is -2.48. The van der Waals surface area contributed by atoms with E-state index in [1.807, 2.05) is 12.1 Å². The molecule has 1 aliphatic carbocycles. The molecule has 33 heavy (non-hydrogen) atoms. The van der Waals surface area contributed by atoms with E-state index in [4.69, 9.17) is 9.97 Å². The molecule has 1 unspecified atom stereocenters. The Bertz CT molecular complexity index is 1340. The second-order valence-electron chi connectivity index (χ2n) is 9.83. The molecule has 166 valence electrons. The van der Waals surface area contributed by atoms with Crippen molar-refractivity contribution in [2.75, 3.05) is 4.90 Å². The Morgan fingerprint density at radius 1 is 0.939 bits per heavy atom. The van der Waals surface area contributed by atoms with Crippen LogP contribution in [0.15, 0.2) is 66.7 Å². The Balaban J connectivity index is 1.63. The van der Waals surface area contributed by atoms with Crippen LogP contribution in [0.2, 0.25) is 0 Å². The highest BCUT2D eigenvalue weighted by molar-refractivity contribution is 5.94. The van der Waals surface area contributed by atoms with E-state index in [0.29, 0.717) is 5.92 Å². The number of nitrogens with zero attached hydrogens (tertiary/aromatic N) is 3. The zero-order valence-electron chi connectivity index (χ0n) is 19.2. The summed E-state index contributed by atoms with van der Waals surface area (Å²) in [6.07, 6.45) is 5.64. The molecule has 0 saturated heterocycles. The minimum absolute atomic E-state index is 0.0173. The van der Waals surface area contributed by atoms with Gasteiger partial charge in [0, 0.05) is 22.2 Å². The molecule has 2 heterocycles. The van der Waals surface area contributed by atoms with Gasteiger partial charge in [-0.15, -0.1) is 0 Å². The molecule has 4 aromatic rings. The summed E-state index contributed by atoms with van der Waals surface area (Å²) in [5, 5.41) is 1.06. The third-order valence-corrected chi connectivity index (χ3v) is 7.54. The highest BCUT2D eigenvalue weighted by Crippen LogP contribution is 2.53. The predicted molar refractivity (Wildman–Crippen MR) is 132 cm³/mol. The average molecular weight is 438 g/mol. The van der Waals surface area contributed by atoms with Gasteiger partial charge in [0.1, 0.15) is 5.82 Å². The van der Waals surface area contributed by atoms with Crippen LogP contribution in [0.25, 0.3) is 22.2 Å². The summed E-state index contributed by atoms with van der Waals surface area (Å²) in [5.74, 6) is 0.858. The molecule has 1 saturated carbocycles. The first-order valence-electron chi connectivity index (χ1n) is 12.0. The normalized spacial score (nSPS) is 19.2. The van der Waals surface area contributed by atoms with Crippen LogP contribution in [-0.4, -0.2) is 15.5 Å². The highest BCUT2D eigenvalue weighted by atomic mass is 19.1. The molecule has 1 spiro atoms. The average Bonchev–Trinajstić information content (AvgIpc) is 3.28. The van der Waals surface area contributed by atoms with Crippen LogP contribution in [0.3, 0.4) is 0 Å². The maximum Gasteiger partial charge on any atom is 0.231 e. The van der Waals surface area contributed by atoms with Crippen molar-refractivity contribution in [2.45, 2.75) is 57.4 Å². The van der Waals surface area contributed by atoms with Gasteiger partial charge < -0.3 is 4.90 Å². The molecule has 1 atom stereocenters. The number of hydrogen-bond donors (Lipinski definition) is 0. The van der Waals surface area contributed by atoms with Crippen molar-refractivity contribution >= 4 is 22.5 Å². The van der Waals surface area contributed by atoms with Gasteiger partial charge in [-0.25, -0.2) is 14.4 Å². The Labute approximate surface area is 194 Å². The molecule has 1 aromatic heterocycles. The second-order valence-corrected chi connectivity index (χ2v) is 9.83. The number of aromatic nitrogens is 2. The van der Waals surface area contributed by atoms with Crippen molar-refractivity contribution in [3.63, 3.8) is 0 Å². The Kier molecular flexibility index (Phi) is 4.72. The summed E-state index contributed by atoms with van der Waals surface area (Å²) in [6.45, 7) is 4.33. The maximum absolute atomic E-state index is 14.2. The SMILES string of the molecule is Cc1ccc2nc(N3c4ccc(F)cc4C(C)CC34CCCC4)nc(-c3ccccc3)c2c1. The number of aryl methyl sites for hydroxylation is 1. The number of rotatable bonds is 2. The fraction of sp³-hybridized carbons (Fsp3) is 0.310. The van der Waals surface area contributed by atoms with Crippen molar-refractivity contribution < 1.29 is 4.39 Å². The monoisotopic (exact) mass is 437 g/mol. The summed E-state index contributed by atoms with van der Waals surface area (Å²) in [6, 6.07) is 22.0. The van der Waals surface area contributed by atoms with E-state index in [1.54, 1.807) is 12.1 Å². The Morgan fingerprint density at radius 2 is 1.73 bits per heavy atom. The molecule has 2 aliphatic rings. The molecule has 3 aromatic carbocycles. The Hall–Kier alpha value is -3.27. The number of fused-ring (bicyclic) bond motifs is 2. The summed E-state index contributed by atoms with van der Waals surface area (Å²) in [4.78, 5) is 12.7. The summed E-state index contributed by atoms with van der Waals surface area (Å²) in [5.41, 5.74) is 6.27. The lowest BCUT2D eigenvalue weighted by Crippen LogP contribution is -2.48. The van der Waals surface area contributed by atoms with Gasteiger partial charge in [0.05, 0.1) is 11.2 Å². The van der Waals surface area contributed by atoms with E-state index in [9.17, 15) is 4.39 Å². The van der Waals surface area contributed by atoms with Gasteiger partial charge in [-0.3, -0.25) is 0 Å². The number of halogens is 1. The molecular formula is C29H28FN3. The molecule has 4 heteroatoms. The van der Waals surface area contributed by atoms with Crippen LogP contribution in [0, 0.1) is 12.7 Å². The van der Waals surface area contributed by atoms with Crippen LogP contribution in [0.4, 0.5) is 16.0 Å². The lowest BCUT2D eigenvalue weighted by molar-refractivity contribution is 0.349. The minimum atomic E-state index is -0.178. The first kappa shape index (κ1) is 20.3. The molecule has 6 rings (SSSR count). The van der Waals surface area contributed by atoms with Crippen LogP contribution in [0.5, 0.6) is 0 Å². The zero-order chi connectivity index (χ0) is 22.6. The van der Waals surface area contributed by atoms with E-state index in [2.05, 4.69) is 61.2 Å². The van der Waals surface area contributed by atoms with Crippen LogP contribution in [0.1, 0.15) is 56.1 Å². The van der Waals surface area contributed by atoms with Crippen molar-refractivity contribution in [3.8, 4) is 11.3 Å². The van der Waals surface area contributed by atoms with Crippen LogP contribution < -0.4 is 4.90 Å². The maximum atomic E-state index is 14.2. The fourth-order valence-electron chi connectivity index (χ4n) is 6.08. The van der Waals surface area contributed by atoms with Gasteiger partial charge in [0.2, 0.25) is 5.95 Å². The van der Waals surface area contributed by atoms with E-state index in [-0.39, 0.29) is 11.4 Å². The molecule has 1 aliphatic heterocycles. The van der Waals surface area contributed by atoms with Crippen molar-refractivity contribution in [1.29, 1.82) is 0 Å². The van der Waals surface area contributed by atoms with Gasteiger partial charge in [-0.2, -0.15) is 0 Å². The molecule has 3 nitrogen and oxygen atoms in total. The van der Waals surface area contributed by atoms with E-state index < -0.39 is 0 Å². The second kappa shape index (κ2) is 7.65. The fourth-order valence-corrected chi connectivity index (χ4v) is 6.08. The molecule has 0 N–H and O–H groups in total. The third-order valence-electron chi connectivity index (χ3n) is 7.54. The van der Waals surface area contributed by atoms with Gasteiger partial charge in [0.15, 0.2) is 0 Å². The predicted octanol–water partition coefficient (Wildman–Crippen LogP) is 7.70. The molecular weight excluding hydrogens is 409 g/mol. The smallest absolute Gasteiger partial charge is 0.231 e. The van der Waals surface area contributed by atoms with Crippen LogP contribution >= 0.6 is 0 Å². The number of benzene rings is 3. The number of hydrogen-bond acceptors (Lipinski definition) is 3. The highest BCUT2D eigenvalue weighted by Gasteiger charge is 2.47. The van der Waals surface area contributed by atoms with Crippen LogP contribution in [-0.2, 0) is 0 Å². The zero-order valence-corrected chi connectivity index (χ0v) is 19.2. The molecule has 0 bridgehead atoms. The van der Waals surface area contributed by atoms with Gasteiger partial charge in [0.25, 0.3) is 0 Å². The van der Waals surface area contributed by atoms with E-state index in [0.717, 1.165) is 58.6 Å². The summed E-state index contributed by atoms with van der Waals surface area (Å²) < 4.78 is 14.2. The van der Waals surface area contributed by atoms with Gasteiger partial charge >= 0.3 is 0 Å². The van der Waals surface area contributed by atoms with E-state index >= 15 is 0 Å². The summed E-state index contributed by atoms with van der Waals surface area (Å²) >= 11 is 0. The third kappa shape index (κ3) is 3.31. The largest absolute Gasteiger partial charge is 0.304 e. The molecule has 1 fully saturated rings. The van der Waals surface area contributed by atoms with E-state index in [1.165, 1.54) is 18.4 Å². The van der Waals surface area contributed by atoms with Gasteiger partial charge in [-0.1, -0.05) is 61.7 Å². The first-order valence-corrected chi connectivity index (χ1v) is 12.0.